The van der Waals surface area contributed by atoms with Crippen molar-refractivity contribution in [1.82, 2.24) is 4.90 Å². The normalized spacial score (nSPS) is 23.7. The molecule has 1 rings (SSSR count). The van der Waals surface area contributed by atoms with Crippen molar-refractivity contribution >= 4 is 0 Å². The van der Waals surface area contributed by atoms with Gasteiger partial charge in [0.2, 0.25) is 0 Å². The molecule has 0 bridgehead atoms. The summed E-state index contributed by atoms with van der Waals surface area (Å²) in [5, 5.41) is 0. The Balaban J connectivity index is 2.19. The first kappa shape index (κ1) is 9.05. The predicted molar refractivity (Wildman–Crippen MR) is 49.8 cm³/mol. The molecule has 1 saturated heterocycles. The third kappa shape index (κ3) is 3.76. The monoisotopic (exact) mass is 155 g/mol. The second kappa shape index (κ2) is 5.59. The second-order valence-corrected chi connectivity index (χ2v) is 3.56. The van der Waals surface area contributed by atoms with E-state index in [1.165, 1.54) is 58.2 Å². The van der Waals surface area contributed by atoms with E-state index in [4.69, 9.17) is 0 Å². The highest BCUT2D eigenvalue weighted by Crippen LogP contribution is 2.10. The van der Waals surface area contributed by atoms with Gasteiger partial charge in [0.1, 0.15) is 0 Å². The molecule has 0 unspecified atom stereocenters. The van der Waals surface area contributed by atoms with Crippen LogP contribution in [0.3, 0.4) is 0 Å². The first-order valence-corrected chi connectivity index (χ1v) is 5.16. The summed E-state index contributed by atoms with van der Waals surface area (Å²) in [6, 6.07) is 0. The summed E-state index contributed by atoms with van der Waals surface area (Å²) in [6.45, 7) is 6.21. The first-order valence-electron chi connectivity index (χ1n) is 5.16. The molecule has 0 aromatic carbocycles. The zero-order valence-corrected chi connectivity index (χ0v) is 7.81. The van der Waals surface area contributed by atoms with E-state index in [2.05, 4.69) is 11.8 Å². The van der Waals surface area contributed by atoms with Crippen LogP contribution in [0.4, 0.5) is 0 Å². The Morgan fingerprint density at radius 2 is 1.27 bits per heavy atom. The van der Waals surface area contributed by atoms with E-state index in [0.717, 1.165) is 0 Å². The lowest BCUT2D eigenvalue weighted by molar-refractivity contribution is 0.283. The van der Waals surface area contributed by atoms with Crippen molar-refractivity contribution in [2.24, 2.45) is 0 Å². The van der Waals surface area contributed by atoms with Gasteiger partial charge in [0.25, 0.3) is 0 Å². The molecule has 0 N–H and O–H groups in total. The van der Waals surface area contributed by atoms with Gasteiger partial charge in [0, 0.05) is 0 Å². The average molecular weight is 155 g/mol. The van der Waals surface area contributed by atoms with E-state index in [1.807, 2.05) is 0 Å². The zero-order valence-electron chi connectivity index (χ0n) is 7.81. The number of hydrogen-bond donors (Lipinski definition) is 0. The number of hydrogen-bond acceptors (Lipinski definition) is 1. The standard InChI is InChI=1S/C10H21N/c1-2-11-9-7-5-3-4-6-8-10-11/h2-10H2,1H3. The number of nitrogens with zero attached hydrogens (tertiary/aromatic N) is 1. The molecule has 1 fully saturated rings. The largest absolute Gasteiger partial charge is 0.304 e. The smallest absolute Gasteiger partial charge is 0.00189 e. The Kier molecular flexibility index (Phi) is 4.60. The maximum absolute atomic E-state index is 2.59. The summed E-state index contributed by atoms with van der Waals surface area (Å²) in [5.41, 5.74) is 0. The Morgan fingerprint density at radius 3 is 1.73 bits per heavy atom. The Labute approximate surface area is 70.8 Å². The molecule has 0 spiro atoms. The maximum atomic E-state index is 2.59. The van der Waals surface area contributed by atoms with Crippen LogP contribution in [-0.4, -0.2) is 24.5 Å². The van der Waals surface area contributed by atoms with E-state index in [0.29, 0.717) is 0 Å². The van der Waals surface area contributed by atoms with Crippen LogP contribution in [0.25, 0.3) is 0 Å². The van der Waals surface area contributed by atoms with E-state index in [-0.39, 0.29) is 0 Å². The molecule has 0 aromatic heterocycles. The molecule has 11 heavy (non-hydrogen) atoms. The van der Waals surface area contributed by atoms with Crippen molar-refractivity contribution in [1.29, 1.82) is 0 Å². The molecule has 0 saturated carbocycles. The van der Waals surface area contributed by atoms with E-state index in [9.17, 15) is 0 Å². The molecule has 1 aliphatic rings. The third-order valence-electron chi connectivity index (χ3n) is 2.65. The summed E-state index contributed by atoms with van der Waals surface area (Å²) >= 11 is 0. The Bertz CT molecular complexity index is 80.9. The molecule has 0 radical (unpaired) electrons. The second-order valence-electron chi connectivity index (χ2n) is 3.56. The maximum Gasteiger partial charge on any atom is -0.00189 e. The van der Waals surface area contributed by atoms with Crippen LogP contribution in [0, 0.1) is 0 Å². The lowest BCUT2D eigenvalue weighted by Gasteiger charge is -2.18. The van der Waals surface area contributed by atoms with Gasteiger partial charge in [-0.05, 0) is 32.5 Å². The first-order chi connectivity index (χ1) is 5.43. The highest BCUT2D eigenvalue weighted by Gasteiger charge is 2.03. The summed E-state index contributed by atoms with van der Waals surface area (Å²) < 4.78 is 0. The molecule has 1 aliphatic heterocycles. The fourth-order valence-corrected chi connectivity index (χ4v) is 1.81. The summed E-state index contributed by atoms with van der Waals surface area (Å²) in [4.78, 5) is 2.59. The lowest BCUT2D eigenvalue weighted by atomic mass is 10.1. The highest BCUT2D eigenvalue weighted by molar-refractivity contribution is 4.59. The fraction of sp³-hybridized carbons (Fsp3) is 1.00. The molecule has 66 valence electrons. The van der Waals surface area contributed by atoms with Gasteiger partial charge in [-0.2, -0.15) is 0 Å². The van der Waals surface area contributed by atoms with Crippen molar-refractivity contribution in [2.75, 3.05) is 19.6 Å². The van der Waals surface area contributed by atoms with Gasteiger partial charge in [0.15, 0.2) is 0 Å². The van der Waals surface area contributed by atoms with Crippen LogP contribution in [-0.2, 0) is 0 Å². The van der Waals surface area contributed by atoms with Crippen LogP contribution in [0.2, 0.25) is 0 Å². The average Bonchev–Trinajstić information content (AvgIpc) is 2.16. The van der Waals surface area contributed by atoms with Crippen LogP contribution < -0.4 is 0 Å². The zero-order chi connectivity index (χ0) is 7.94. The Hall–Kier alpha value is -0.0400. The molecule has 1 nitrogen and oxygen atoms in total. The minimum atomic E-state index is 1.25. The van der Waals surface area contributed by atoms with E-state index < -0.39 is 0 Å². The summed E-state index contributed by atoms with van der Waals surface area (Å²) in [5.74, 6) is 0. The summed E-state index contributed by atoms with van der Waals surface area (Å²) in [6.07, 6.45) is 8.70. The van der Waals surface area contributed by atoms with E-state index in [1.54, 1.807) is 0 Å². The van der Waals surface area contributed by atoms with Gasteiger partial charge in [-0.3, -0.25) is 0 Å². The summed E-state index contributed by atoms with van der Waals surface area (Å²) in [7, 11) is 0. The minimum Gasteiger partial charge on any atom is -0.304 e. The van der Waals surface area contributed by atoms with Gasteiger partial charge < -0.3 is 4.90 Å². The molecular weight excluding hydrogens is 134 g/mol. The van der Waals surface area contributed by atoms with Crippen molar-refractivity contribution in [3.8, 4) is 0 Å². The molecule has 1 heteroatoms. The SMILES string of the molecule is CCN1CCCCCCCC1. The van der Waals surface area contributed by atoms with Gasteiger partial charge in [-0.1, -0.05) is 32.6 Å². The van der Waals surface area contributed by atoms with Gasteiger partial charge in [-0.15, -0.1) is 0 Å². The molecular formula is C10H21N. The Morgan fingerprint density at radius 1 is 0.818 bits per heavy atom. The predicted octanol–water partition coefficient (Wildman–Crippen LogP) is 2.66. The molecule has 1 heterocycles. The van der Waals surface area contributed by atoms with Crippen molar-refractivity contribution in [3.05, 3.63) is 0 Å². The minimum absolute atomic E-state index is 1.25. The molecule has 0 aliphatic carbocycles. The van der Waals surface area contributed by atoms with Crippen LogP contribution >= 0.6 is 0 Å². The number of rotatable bonds is 1. The van der Waals surface area contributed by atoms with Gasteiger partial charge >= 0.3 is 0 Å². The van der Waals surface area contributed by atoms with Crippen molar-refractivity contribution < 1.29 is 0 Å². The molecule has 0 atom stereocenters. The molecule has 0 aromatic rings. The quantitative estimate of drug-likeness (QED) is 0.562. The molecule has 0 amide bonds. The third-order valence-corrected chi connectivity index (χ3v) is 2.65. The van der Waals surface area contributed by atoms with Crippen LogP contribution in [0.5, 0.6) is 0 Å². The van der Waals surface area contributed by atoms with Crippen molar-refractivity contribution in [2.45, 2.75) is 45.4 Å². The lowest BCUT2D eigenvalue weighted by Crippen LogP contribution is -2.25. The van der Waals surface area contributed by atoms with Crippen LogP contribution in [0.15, 0.2) is 0 Å². The topological polar surface area (TPSA) is 3.24 Å². The van der Waals surface area contributed by atoms with Crippen molar-refractivity contribution in [3.63, 3.8) is 0 Å². The van der Waals surface area contributed by atoms with Gasteiger partial charge in [-0.25, -0.2) is 0 Å². The van der Waals surface area contributed by atoms with Gasteiger partial charge in [0.05, 0.1) is 0 Å². The van der Waals surface area contributed by atoms with Crippen LogP contribution in [0.1, 0.15) is 45.4 Å². The fourth-order valence-electron chi connectivity index (χ4n) is 1.81. The van der Waals surface area contributed by atoms with E-state index >= 15 is 0 Å². The highest BCUT2D eigenvalue weighted by atomic mass is 15.1.